The van der Waals surface area contributed by atoms with Crippen LogP contribution < -0.4 is 9.47 Å². The van der Waals surface area contributed by atoms with Crippen LogP contribution in [0.3, 0.4) is 0 Å². The molecule has 8 heteroatoms. The second-order valence-corrected chi connectivity index (χ2v) is 5.38. The van der Waals surface area contributed by atoms with E-state index in [0.717, 1.165) is 11.3 Å². The maximum Gasteiger partial charge on any atom is 0.351 e. The Balaban J connectivity index is 1.74. The van der Waals surface area contributed by atoms with Crippen molar-refractivity contribution in [3.05, 3.63) is 76.3 Å². The molecule has 0 saturated carbocycles. The number of nitrogens with zero attached hydrogens (tertiary/aromatic N) is 3. The van der Waals surface area contributed by atoms with Crippen LogP contribution >= 0.6 is 0 Å². The van der Waals surface area contributed by atoms with Crippen LogP contribution in [0.2, 0.25) is 0 Å². The fraction of sp³-hybridized carbons (Fsp3) is 0.105. The second-order valence-electron chi connectivity index (χ2n) is 5.38. The predicted molar refractivity (Wildman–Crippen MR) is 96.7 cm³/mol. The molecule has 1 heterocycles. The fourth-order valence-corrected chi connectivity index (χ4v) is 2.37. The molecule has 27 heavy (non-hydrogen) atoms. The Hall–Kier alpha value is -3.81. The molecule has 0 spiro atoms. The van der Waals surface area contributed by atoms with E-state index in [1.165, 1.54) is 30.3 Å². The molecule has 8 nitrogen and oxygen atoms in total. The van der Waals surface area contributed by atoms with E-state index in [1.807, 2.05) is 31.2 Å². The normalized spacial score (nSPS) is 10.3. The minimum Gasteiger partial charge on any atom is -0.494 e. The van der Waals surface area contributed by atoms with Gasteiger partial charge in [0, 0.05) is 17.7 Å². The number of rotatable bonds is 6. The SMILES string of the molecule is CCOc1ccc(-c2ccc(OC(=O)c3ccccc3[N+](=O)[O-])nn2)cc1. The summed E-state index contributed by atoms with van der Waals surface area (Å²) in [5, 5.41) is 18.9. The van der Waals surface area contributed by atoms with Crippen molar-refractivity contribution in [1.29, 1.82) is 0 Å². The van der Waals surface area contributed by atoms with Crippen molar-refractivity contribution in [2.75, 3.05) is 6.61 Å². The molecule has 0 aliphatic heterocycles. The van der Waals surface area contributed by atoms with Crippen molar-refractivity contribution in [3.63, 3.8) is 0 Å². The monoisotopic (exact) mass is 365 g/mol. The van der Waals surface area contributed by atoms with Gasteiger partial charge in [-0.1, -0.05) is 12.1 Å². The lowest BCUT2D eigenvalue weighted by atomic mass is 10.1. The summed E-state index contributed by atoms with van der Waals surface area (Å²) in [5.74, 6) is -0.164. The summed E-state index contributed by atoms with van der Waals surface area (Å²) < 4.78 is 10.5. The Morgan fingerprint density at radius 1 is 1.04 bits per heavy atom. The predicted octanol–water partition coefficient (Wildman–Crippen LogP) is 3.67. The molecule has 136 valence electrons. The quantitative estimate of drug-likeness (QED) is 0.373. The molecule has 0 N–H and O–H groups in total. The number of hydrogen-bond donors (Lipinski definition) is 0. The van der Waals surface area contributed by atoms with Gasteiger partial charge in [0.2, 0.25) is 5.88 Å². The highest BCUT2D eigenvalue weighted by molar-refractivity contribution is 5.95. The van der Waals surface area contributed by atoms with Gasteiger partial charge in [-0.2, -0.15) is 0 Å². The topological polar surface area (TPSA) is 104 Å². The summed E-state index contributed by atoms with van der Waals surface area (Å²) in [6, 6.07) is 16.0. The molecule has 3 aromatic rings. The highest BCUT2D eigenvalue weighted by atomic mass is 16.6. The first-order valence-electron chi connectivity index (χ1n) is 8.11. The summed E-state index contributed by atoms with van der Waals surface area (Å²) in [7, 11) is 0. The number of ether oxygens (including phenoxy) is 2. The maximum absolute atomic E-state index is 12.2. The lowest BCUT2D eigenvalue weighted by molar-refractivity contribution is -0.385. The zero-order chi connectivity index (χ0) is 19.2. The molecule has 0 aliphatic carbocycles. The molecule has 1 aromatic heterocycles. The highest BCUT2D eigenvalue weighted by Gasteiger charge is 2.21. The molecular weight excluding hydrogens is 350 g/mol. The molecular formula is C19H15N3O5. The van der Waals surface area contributed by atoms with E-state index < -0.39 is 10.9 Å². The van der Waals surface area contributed by atoms with E-state index in [-0.39, 0.29) is 17.1 Å². The molecule has 0 saturated heterocycles. The summed E-state index contributed by atoms with van der Waals surface area (Å²) in [6.45, 7) is 2.49. The van der Waals surface area contributed by atoms with Crippen LogP contribution in [0.1, 0.15) is 17.3 Å². The van der Waals surface area contributed by atoms with Crippen molar-refractivity contribution in [3.8, 4) is 22.9 Å². The minimum atomic E-state index is -0.870. The van der Waals surface area contributed by atoms with Gasteiger partial charge in [0.1, 0.15) is 11.3 Å². The lowest BCUT2D eigenvalue weighted by Crippen LogP contribution is -2.12. The molecule has 3 rings (SSSR count). The number of esters is 1. The van der Waals surface area contributed by atoms with Gasteiger partial charge in [0.05, 0.1) is 17.2 Å². The van der Waals surface area contributed by atoms with E-state index >= 15 is 0 Å². The van der Waals surface area contributed by atoms with Crippen molar-refractivity contribution in [2.45, 2.75) is 6.92 Å². The van der Waals surface area contributed by atoms with Crippen LogP contribution in [-0.2, 0) is 0 Å². The summed E-state index contributed by atoms with van der Waals surface area (Å²) in [4.78, 5) is 22.5. The Morgan fingerprint density at radius 3 is 2.41 bits per heavy atom. The van der Waals surface area contributed by atoms with Crippen LogP contribution in [0.25, 0.3) is 11.3 Å². The van der Waals surface area contributed by atoms with Crippen LogP contribution in [0.5, 0.6) is 11.6 Å². The average Bonchev–Trinajstić information content (AvgIpc) is 2.69. The Labute approximate surface area is 154 Å². The summed E-state index contributed by atoms with van der Waals surface area (Å²) in [5.41, 5.74) is 0.924. The number of carbonyl (C=O) groups is 1. The molecule has 0 unspecified atom stereocenters. The van der Waals surface area contributed by atoms with E-state index in [1.54, 1.807) is 6.07 Å². The van der Waals surface area contributed by atoms with Crippen molar-refractivity contribution < 1.29 is 19.2 Å². The van der Waals surface area contributed by atoms with Gasteiger partial charge in [-0.15, -0.1) is 10.2 Å². The third-order valence-corrected chi connectivity index (χ3v) is 3.62. The number of hydrogen-bond acceptors (Lipinski definition) is 7. The summed E-state index contributed by atoms with van der Waals surface area (Å²) >= 11 is 0. The van der Waals surface area contributed by atoms with Gasteiger partial charge in [-0.3, -0.25) is 10.1 Å². The number of nitro groups is 1. The lowest BCUT2D eigenvalue weighted by Gasteiger charge is -2.06. The average molecular weight is 365 g/mol. The third-order valence-electron chi connectivity index (χ3n) is 3.62. The van der Waals surface area contributed by atoms with Gasteiger partial charge in [0.25, 0.3) is 5.69 Å². The number of carbonyl (C=O) groups excluding carboxylic acids is 1. The number of aromatic nitrogens is 2. The molecule has 0 fully saturated rings. The van der Waals surface area contributed by atoms with Crippen molar-refractivity contribution in [2.24, 2.45) is 0 Å². The smallest absolute Gasteiger partial charge is 0.351 e. The number of para-hydroxylation sites is 1. The van der Waals surface area contributed by atoms with Crippen LogP contribution in [0, 0.1) is 10.1 Å². The first kappa shape index (κ1) is 18.0. The number of benzene rings is 2. The van der Waals surface area contributed by atoms with Crippen molar-refractivity contribution in [1.82, 2.24) is 10.2 Å². The van der Waals surface area contributed by atoms with Gasteiger partial charge in [0.15, 0.2) is 0 Å². The van der Waals surface area contributed by atoms with Gasteiger partial charge < -0.3 is 9.47 Å². The van der Waals surface area contributed by atoms with Crippen LogP contribution in [-0.4, -0.2) is 27.7 Å². The minimum absolute atomic E-state index is 0.0483. The molecule has 0 bridgehead atoms. The molecule has 0 aliphatic rings. The first-order valence-corrected chi connectivity index (χ1v) is 8.11. The molecule has 0 radical (unpaired) electrons. The molecule has 2 aromatic carbocycles. The van der Waals surface area contributed by atoms with E-state index in [0.29, 0.717) is 12.3 Å². The van der Waals surface area contributed by atoms with Crippen molar-refractivity contribution >= 4 is 11.7 Å². The first-order chi connectivity index (χ1) is 13.1. The molecule has 0 amide bonds. The zero-order valence-electron chi connectivity index (χ0n) is 14.4. The van der Waals surface area contributed by atoms with Crippen LogP contribution in [0.15, 0.2) is 60.7 Å². The standard InChI is InChI=1S/C19H15N3O5/c1-2-26-14-9-7-13(8-10-14)16-11-12-18(21-20-16)27-19(23)15-5-3-4-6-17(15)22(24)25/h3-12H,2H2,1H3. The van der Waals surface area contributed by atoms with E-state index in [4.69, 9.17) is 9.47 Å². The highest BCUT2D eigenvalue weighted by Crippen LogP contribution is 2.23. The van der Waals surface area contributed by atoms with Gasteiger partial charge >= 0.3 is 5.97 Å². The van der Waals surface area contributed by atoms with Gasteiger partial charge in [-0.25, -0.2) is 4.79 Å². The van der Waals surface area contributed by atoms with E-state index in [9.17, 15) is 14.9 Å². The van der Waals surface area contributed by atoms with Crippen LogP contribution in [0.4, 0.5) is 5.69 Å². The van der Waals surface area contributed by atoms with Gasteiger partial charge in [-0.05, 0) is 43.3 Å². The fourth-order valence-electron chi connectivity index (χ4n) is 2.37. The summed E-state index contributed by atoms with van der Waals surface area (Å²) in [6.07, 6.45) is 0. The largest absolute Gasteiger partial charge is 0.494 e. The Morgan fingerprint density at radius 2 is 1.78 bits per heavy atom. The molecule has 0 atom stereocenters. The van der Waals surface area contributed by atoms with E-state index in [2.05, 4.69) is 10.2 Å². The second kappa shape index (κ2) is 8.05. The Bertz CT molecular complexity index is 956. The maximum atomic E-state index is 12.2. The number of nitro benzene ring substituents is 1. The Kier molecular flexibility index (Phi) is 5.36. The zero-order valence-corrected chi connectivity index (χ0v) is 14.4. The third kappa shape index (κ3) is 4.24.